The number of nitrogens with one attached hydrogen (secondary N) is 2. The number of nitrogens with two attached hydrogens (primary N) is 1. The molecule has 8 nitrogen and oxygen atoms in total. The van der Waals surface area contributed by atoms with Crippen molar-refractivity contribution in [2.45, 2.75) is 19.8 Å². The maximum Gasteiger partial charge on any atom is 0.321 e. The van der Waals surface area contributed by atoms with Crippen LogP contribution in [0.3, 0.4) is 0 Å². The van der Waals surface area contributed by atoms with Crippen LogP contribution in [-0.4, -0.2) is 32.5 Å². The highest BCUT2D eigenvalue weighted by Crippen LogP contribution is 2.09. The van der Waals surface area contributed by atoms with Crippen molar-refractivity contribution in [3.63, 3.8) is 0 Å². The summed E-state index contributed by atoms with van der Waals surface area (Å²) in [4.78, 5) is 37.5. The lowest BCUT2D eigenvalue weighted by molar-refractivity contribution is 0.253. The van der Waals surface area contributed by atoms with Gasteiger partial charge < -0.3 is 10.7 Å². The van der Waals surface area contributed by atoms with Gasteiger partial charge in [-0.05, 0) is 6.42 Å². The Morgan fingerprint density at radius 2 is 2.33 bits per heavy atom. The molecule has 0 fully saturated rings. The Bertz CT molecular complexity index is 616. The van der Waals surface area contributed by atoms with Gasteiger partial charge in [-0.15, -0.1) is 0 Å². The van der Waals surface area contributed by atoms with Crippen LogP contribution >= 0.6 is 0 Å². The predicted molar refractivity (Wildman–Crippen MR) is 66.3 cm³/mol. The second-order valence-electron chi connectivity index (χ2n) is 3.83. The zero-order valence-electron chi connectivity index (χ0n) is 9.93. The average molecular weight is 250 g/mol. The first-order chi connectivity index (χ1) is 8.63. The summed E-state index contributed by atoms with van der Waals surface area (Å²) in [5.41, 5.74) is 5.43. The van der Waals surface area contributed by atoms with Crippen LogP contribution in [0.1, 0.15) is 19.8 Å². The van der Waals surface area contributed by atoms with Crippen molar-refractivity contribution in [3.05, 3.63) is 16.7 Å². The van der Waals surface area contributed by atoms with Gasteiger partial charge in [0.2, 0.25) is 5.95 Å². The number of hydrogen-bond donors (Lipinski definition) is 3. The van der Waals surface area contributed by atoms with Crippen molar-refractivity contribution in [1.82, 2.24) is 19.9 Å². The van der Waals surface area contributed by atoms with E-state index in [1.807, 2.05) is 6.92 Å². The number of urea groups is 1. The number of carbonyl (C=O) groups excluding carboxylic acids is 1. The predicted octanol–water partition coefficient (Wildman–Crippen LogP) is 0.331. The quantitative estimate of drug-likeness (QED) is 0.723. The summed E-state index contributed by atoms with van der Waals surface area (Å²) >= 11 is 0. The fraction of sp³-hybridized carbons (Fsp3) is 0.400. The van der Waals surface area contributed by atoms with Gasteiger partial charge in [0.05, 0.1) is 6.33 Å². The van der Waals surface area contributed by atoms with Gasteiger partial charge in [0.15, 0.2) is 11.2 Å². The summed E-state index contributed by atoms with van der Waals surface area (Å²) < 4.78 is 0. The molecule has 0 unspecified atom stereocenters. The third-order valence-corrected chi connectivity index (χ3v) is 2.54. The number of unbranched alkanes of at least 4 members (excludes halogenated alkanes) is 1. The number of aromatic amines is 2. The molecule has 0 aromatic carbocycles. The van der Waals surface area contributed by atoms with Crippen molar-refractivity contribution >= 4 is 23.1 Å². The number of anilines is 1. The van der Waals surface area contributed by atoms with Gasteiger partial charge in [-0.1, -0.05) is 13.3 Å². The molecule has 2 aromatic rings. The molecule has 0 radical (unpaired) electrons. The Hall–Kier alpha value is -2.38. The molecule has 2 amide bonds. The minimum Gasteiger partial charge on any atom is -0.351 e. The zero-order chi connectivity index (χ0) is 13.1. The van der Waals surface area contributed by atoms with Crippen LogP contribution in [0, 0.1) is 0 Å². The highest BCUT2D eigenvalue weighted by molar-refractivity contribution is 5.89. The normalized spacial score (nSPS) is 10.7. The summed E-state index contributed by atoms with van der Waals surface area (Å²) in [6.07, 6.45) is 3.04. The number of amides is 2. The highest BCUT2D eigenvalue weighted by atomic mass is 16.2. The van der Waals surface area contributed by atoms with E-state index in [2.05, 4.69) is 19.9 Å². The van der Waals surface area contributed by atoms with E-state index in [0.717, 1.165) is 12.8 Å². The molecule has 0 bridgehead atoms. The summed E-state index contributed by atoms with van der Waals surface area (Å²) in [5, 5.41) is 0. The lowest BCUT2D eigenvalue weighted by atomic mass is 10.3. The SMILES string of the molecule is CCCCN(C(N)=O)c1nc2nc[nH]c2c(=O)[nH]1. The van der Waals surface area contributed by atoms with Crippen LogP contribution in [0.4, 0.5) is 10.7 Å². The molecular formula is C10H14N6O2. The van der Waals surface area contributed by atoms with Gasteiger partial charge in [0.1, 0.15) is 0 Å². The van der Waals surface area contributed by atoms with Gasteiger partial charge in [-0.25, -0.2) is 9.78 Å². The smallest absolute Gasteiger partial charge is 0.321 e. The lowest BCUT2D eigenvalue weighted by Crippen LogP contribution is -2.38. The summed E-state index contributed by atoms with van der Waals surface area (Å²) in [7, 11) is 0. The second-order valence-corrected chi connectivity index (χ2v) is 3.83. The number of imidazole rings is 1. The van der Waals surface area contributed by atoms with Gasteiger partial charge in [0.25, 0.3) is 5.56 Å². The molecule has 0 saturated carbocycles. The first kappa shape index (κ1) is 12.1. The third-order valence-electron chi connectivity index (χ3n) is 2.54. The van der Waals surface area contributed by atoms with E-state index in [9.17, 15) is 9.59 Å². The largest absolute Gasteiger partial charge is 0.351 e. The number of carbonyl (C=O) groups is 1. The molecule has 0 aliphatic rings. The minimum absolute atomic E-state index is 0.126. The van der Waals surface area contributed by atoms with Crippen molar-refractivity contribution in [2.75, 3.05) is 11.4 Å². The van der Waals surface area contributed by atoms with E-state index in [1.165, 1.54) is 11.2 Å². The molecule has 0 aliphatic carbocycles. The topological polar surface area (TPSA) is 121 Å². The van der Waals surface area contributed by atoms with Crippen LogP contribution in [0.15, 0.2) is 11.1 Å². The van der Waals surface area contributed by atoms with Gasteiger partial charge in [-0.2, -0.15) is 4.98 Å². The molecule has 96 valence electrons. The fourth-order valence-electron chi connectivity index (χ4n) is 1.60. The molecule has 0 saturated heterocycles. The third kappa shape index (κ3) is 2.17. The highest BCUT2D eigenvalue weighted by Gasteiger charge is 2.16. The Labute approximate surface area is 102 Å². The molecule has 0 atom stereocenters. The average Bonchev–Trinajstić information content (AvgIpc) is 2.78. The van der Waals surface area contributed by atoms with Crippen LogP contribution in [0.25, 0.3) is 11.2 Å². The number of fused-ring (bicyclic) bond motifs is 1. The summed E-state index contributed by atoms with van der Waals surface area (Å²) in [6.45, 7) is 2.40. The molecular weight excluding hydrogens is 236 g/mol. The van der Waals surface area contributed by atoms with Gasteiger partial charge >= 0.3 is 6.03 Å². The second kappa shape index (κ2) is 4.86. The number of nitrogens with zero attached hydrogens (tertiary/aromatic N) is 3. The van der Waals surface area contributed by atoms with Crippen LogP contribution in [0.2, 0.25) is 0 Å². The van der Waals surface area contributed by atoms with Gasteiger partial charge in [0, 0.05) is 6.54 Å². The molecule has 2 rings (SSSR count). The van der Waals surface area contributed by atoms with Gasteiger partial charge in [-0.3, -0.25) is 14.7 Å². The molecule has 2 heterocycles. The van der Waals surface area contributed by atoms with Crippen LogP contribution in [0.5, 0.6) is 0 Å². The monoisotopic (exact) mass is 250 g/mol. The van der Waals surface area contributed by atoms with Crippen molar-refractivity contribution in [3.8, 4) is 0 Å². The molecule has 0 spiro atoms. The Morgan fingerprint density at radius 1 is 1.56 bits per heavy atom. The maximum atomic E-state index is 11.7. The number of rotatable bonds is 4. The van der Waals surface area contributed by atoms with Crippen LogP contribution < -0.4 is 16.2 Å². The van der Waals surface area contributed by atoms with E-state index >= 15 is 0 Å². The van der Waals surface area contributed by atoms with E-state index < -0.39 is 6.03 Å². The number of hydrogen-bond acceptors (Lipinski definition) is 4. The van der Waals surface area contributed by atoms with Crippen LogP contribution in [-0.2, 0) is 0 Å². The minimum atomic E-state index is -0.651. The van der Waals surface area contributed by atoms with E-state index in [4.69, 9.17) is 5.73 Å². The fourth-order valence-corrected chi connectivity index (χ4v) is 1.60. The molecule has 2 aromatic heterocycles. The Kier molecular flexibility index (Phi) is 3.26. The van der Waals surface area contributed by atoms with E-state index in [0.29, 0.717) is 6.54 Å². The Morgan fingerprint density at radius 3 is 3.00 bits per heavy atom. The van der Waals surface area contributed by atoms with Crippen molar-refractivity contribution in [2.24, 2.45) is 5.73 Å². The maximum absolute atomic E-state index is 11.7. The number of aromatic nitrogens is 4. The molecule has 8 heteroatoms. The summed E-state index contributed by atoms with van der Waals surface area (Å²) in [5.74, 6) is 0.126. The van der Waals surface area contributed by atoms with E-state index in [-0.39, 0.29) is 22.7 Å². The van der Waals surface area contributed by atoms with Crippen molar-refractivity contribution in [1.29, 1.82) is 0 Å². The molecule has 4 N–H and O–H groups in total. The standard InChI is InChI=1S/C10H14N6O2/c1-2-3-4-16(9(11)18)10-14-7-6(8(17)15-10)12-5-13-7/h5H,2-4H2,1H3,(H2,11,18)(H2,12,13,14,15,17). The number of primary amides is 1. The molecule has 0 aliphatic heterocycles. The first-order valence-corrected chi connectivity index (χ1v) is 5.64. The molecule has 18 heavy (non-hydrogen) atoms. The van der Waals surface area contributed by atoms with Crippen molar-refractivity contribution < 1.29 is 4.79 Å². The Balaban J connectivity index is 2.43. The summed E-state index contributed by atoms with van der Waals surface area (Å²) in [6, 6.07) is -0.651. The number of H-pyrrole nitrogens is 2. The zero-order valence-corrected chi connectivity index (χ0v) is 9.93. The van der Waals surface area contributed by atoms with E-state index in [1.54, 1.807) is 0 Å². The first-order valence-electron chi connectivity index (χ1n) is 5.64. The lowest BCUT2D eigenvalue weighted by Gasteiger charge is -2.17.